The molecule has 0 fully saturated rings. The van der Waals surface area contributed by atoms with Crippen LogP contribution in [-0.4, -0.2) is 24.5 Å². The molecule has 2 N–H and O–H groups in total. The molecule has 1 aromatic heterocycles. The molecule has 0 radical (unpaired) electrons. The van der Waals surface area contributed by atoms with Gasteiger partial charge in [-0.1, -0.05) is 6.07 Å². The summed E-state index contributed by atoms with van der Waals surface area (Å²) >= 11 is 4.80. The number of thiazole rings is 1. The highest BCUT2D eigenvalue weighted by Crippen LogP contribution is 2.16. The Kier molecular flexibility index (Phi) is 9.00. The molecule has 0 saturated heterocycles. The van der Waals surface area contributed by atoms with Gasteiger partial charge in [0, 0.05) is 31.9 Å². The minimum absolute atomic E-state index is 0. The Morgan fingerprint density at radius 1 is 1.39 bits per heavy atom. The van der Waals surface area contributed by atoms with Gasteiger partial charge in [-0.25, -0.2) is 9.37 Å². The molecule has 4 nitrogen and oxygen atoms in total. The quantitative estimate of drug-likeness (QED) is 0.363. The monoisotopic (exact) mass is 512 g/mol. The molecular formula is C15H19BrFIN4S. The Morgan fingerprint density at radius 2 is 2.17 bits per heavy atom. The van der Waals surface area contributed by atoms with Crippen molar-refractivity contribution in [1.29, 1.82) is 0 Å². The molecule has 0 unspecified atom stereocenters. The van der Waals surface area contributed by atoms with E-state index in [4.69, 9.17) is 0 Å². The lowest BCUT2D eigenvalue weighted by Crippen LogP contribution is -2.37. The number of aliphatic imine (C=N–C) groups is 1. The van der Waals surface area contributed by atoms with Gasteiger partial charge in [-0.05, 0) is 40.5 Å². The zero-order valence-electron chi connectivity index (χ0n) is 12.9. The number of nitrogens with one attached hydrogen (secondary N) is 2. The van der Waals surface area contributed by atoms with Gasteiger partial charge in [0.05, 0.1) is 15.2 Å². The normalized spacial score (nSPS) is 11.0. The predicted octanol–water partition coefficient (Wildman–Crippen LogP) is 3.88. The van der Waals surface area contributed by atoms with E-state index < -0.39 is 0 Å². The number of nitrogens with zero attached hydrogens (tertiary/aromatic N) is 2. The second kappa shape index (κ2) is 10.2. The molecule has 8 heteroatoms. The zero-order valence-corrected chi connectivity index (χ0v) is 17.6. The van der Waals surface area contributed by atoms with Gasteiger partial charge in [-0.2, -0.15) is 0 Å². The van der Waals surface area contributed by atoms with Crippen molar-refractivity contribution in [3.05, 3.63) is 50.1 Å². The van der Waals surface area contributed by atoms with Crippen molar-refractivity contribution >= 4 is 57.2 Å². The Hall–Kier alpha value is -0.740. The molecule has 0 aliphatic carbocycles. The smallest absolute Gasteiger partial charge is 0.191 e. The van der Waals surface area contributed by atoms with Crippen molar-refractivity contribution in [3.8, 4) is 0 Å². The fourth-order valence-corrected chi connectivity index (χ4v) is 2.78. The van der Waals surface area contributed by atoms with E-state index in [1.54, 1.807) is 24.5 Å². The van der Waals surface area contributed by atoms with E-state index in [9.17, 15) is 4.39 Å². The number of halogens is 3. The molecule has 2 rings (SSSR count). The summed E-state index contributed by atoms with van der Waals surface area (Å²) in [5, 5.41) is 9.53. The van der Waals surface area contributed by atoms with Crippen LogP contribution in [0.3, 0.4) is 0 Å². The highest BCUT2D eigenvalue weighted by molar-refractivity contribution is 14.0. The van der Waals surface area contributed by atoms with Crippen molar-refractivity contribution in [2.45, 2.75) is 19.9 Å². The largest absolute Gasteiger partial charge is 0.356 e. The van der Waals surface area contributed by atoms with Crippen LogP contribution in [0.1, 0.15) is 16.3 Å². The standard InChI is InChI=1S/C15H18BrFN4S.HI/c1-10-21-12(9-22-10)5-6-19-15(18-2)20-8-11-3-4-13(16)14(17)7-11;/h3-4,7,9H,5-6,8H2,1-2H3,(H2,18,19,20);1H. The minimum Gasteiger partial charge on any atom is -0.356 e. The van der Waals surface area contributed by atoms with Crippen molar-refractivity contribution in [1.82, 2.24) is 15.6 Å². The Bertz CT molecular complexity index is 663. The van der Waals surface area contributed by atoms with Gasteiger partial charge in [0.15, 0.2) is 5.96 Å². The summed E-state index contributed by atoms with van der Waals surface area (Å²) in [6.07, 6.45) is 0.845. The highest BCUT2D eigenvalue weighted by Gasteiger charge is 2.03. The number of hydrogen-bond donors (Lipinski definition) is 2. The molecule has 0 atom stereocenters. The van der Waals surface area contributed by atoms with Gasteiger partial charge in [0.2, 0.25) is 0 Å². The fourth-order valence-electron chi connectivity index (χ4n) is 1.89. The average Bonchev–Trinajstić information content (AvgIpc) is 2.91. The predicted molar refractivity (Wildman–Crippen MR) is 108 cm³/mol. The van der Waals surface area contributed by atoms with Crippen LogP contribution in [0, 0.1) is 12.7 Å². The Morgan fingerprint density at radius 3 is 2.78 bits per heavy atom. The van der Waals surface area contributed by atoms with Crippen LogP contribution in [0.2, 0.25) is 0 Å². The van der Waals surface area contributed by atoms with Crippen LogP contribution < -0.4 is 10.6 Å². The van der Waals surface area contributed by atoms with Gasteiger partial charge in [0.1, 0.15) is 5.82 Å². The number of hydrogen-bond acceptors (Lipinski definition) is 3. The lowest BCUT2D eigenvalue weighted by molar-refractivity contribution is 0.617. The molecule has 0 spiro atoms. The molecule has 0 aliphatic rings. The van der Waals surface area contributed by atoms with E-state index in [0.29, 0.717) is 17.0 Å². The van der Waals surface area contributed by atoms with Crippen LogP contribution in [0.4, 0.5) is 4.39 Å². The Balaban J connectivity index is 0.00000264. The maximum atomic E-state index is 13.5. The van der Waals surface area contributed by atoms with E-state index >= 15 is 0 Å². The van der Waals surface area contributed by atoms with E-state index in [0.717, 1.165) is 29.2 Å². The van der Waals surface area contributed by atoms with Crippen LogP contribution in [0.25, 0.3) is 0 Å². The topological polar surface area (TPSA) is 49.3 Å². The molecule has 126 valence electrons. The highest BCUT2D eigenvalue weighted by atomic mass is 127. The number of guanidine groups is 1. The number of benzene rings is 1. The molecule has 0 bridgehead atoms. The van der Waals surface area contributed by atoms with Gasteiger partial charge in [-0.15, -0.1) is 35.3 Å². The molecule has 1 heterocycles. The third-order valence-corrected chi connectivity index (χ3v) is 4.47. The first-order valence-electron chi connectivity index (χ1n) is 6.88. The number of aromatic nitrogens is 1. The van der Waals surface area contributed by atoms with Gasteiger partial charge in [0.25, 0.3) is 0 Å². The van der Waals surface area contributed by atoms with Gasteiger partial charge >= 0.3 is 0 Å². The minimum atomic E-state index is -0.263. The maximum absolute atomic E-state index is 13.5. The SMILES string of the molecule is CN=C(NCCc1csc(C)n1)NCc1ccc(Br)c(F)c1.I. The zero-order chi connectivity index (χ0) is 15.9. The van der Waals surface area contributed by atoms with Crippen molar-refractivity contribution in [2.24, 2.45) is 4.99 Å². The summed E-state index contributed by atoms with van der Waals surface area (Å²) in [5.41, 5.74) is 1.94. The van der Waals surface area contributed by atoms with Crippen molar-refractivity contribution in [3.63, 3.8) is 0 Å². The fraction of sp³-hybridized carbons (Fsp3) is 0.333. The summed E-state index contributed by atoms with van der Waals surface area (Å²) in [6.45, 7) is 3.26. The molecule has 1 aromatic carbocycles. The van der Waals surface area contributed by atoms with Crippen LogP contribution in [0.5, 0.6) is 0 Å². The summed E-state index contributed by atoms with van der Waals surface area (Å²) in [7, 11) is 1.71. The molecular weight excluding hydrogens is 494 g/mol. The van der Waals surface area contributed by atoms with E-state index in [2.05, 4.69) is 41.9 Å². The van der Waals surface area contributed by atoms with Crippen molar-refractivity contribution < 1.29 is 4.39 Å². The van der Waals surface area contributed by atoms with E-state index in [-0.39, 0.29) is 29.8 Å². The average molecular weight is 513 g/mol. The molecule has 2 aromatic rings. The Labute approximate surface area is 165 Å². The van der Waals surface area contributed by atoms with Gasteiger partial charge < -0.3 is 10.6 Å². The summed E-state index contributed by atoms with van der Waals surface area (Å²) in [6, 6.07) is 5.07. The first-order chi connectivity index (χ1) is 10.6. The maximum Gasteiger partial charge on any atom is 0.191 e. The summed E-state index contributed by atoms with van der Waals surface area (Å²) in [5.74, 6) is 0.427. The van der Waals surface area contributed by atoms with Crippen LogP contribution >= 0.6 is 51.2 Å². The third-order valence-electron chi connectivity index (χ3n) is 3.01. The summed E-state index contributed by atoms with van der Waals surface area (Å²) in [4.78, 5) is 8.57. The second-order valence-corrected chi connectivity index (χ2v) is 6.63. The lowest BCUT2D eigenvalue weighted by atomic mass is 10.2. The third kappa shape index (κ3) is 6.72. The van der Waals surface area contributed by atoms with E-state index in [1.807, 2.05) is 13.0 Å². The van der Waals surface area contributed by atoms with Crippen LogP contribution in [-0.2, 0) is 13.0 Å². The summed E-state index contributed by atoms with van der Waals surface area (Å²) < 4.78 is 13.9. The number of aryl methyl sites for hydroxylation is 1. The van der Waals surface area contributed by atoms with E-state index in [1.165, 1.54) is 6.07 Å². The first kappa shape index (κ1) is 20.3. The molecule has 23 heavy (non-hydrogen) atoms. The molecule has 0 amide bonds. The first-order valence-corrected chi connectivity index (χ1v) is 8.55. The van der Waals surface area contributed by atoms with Gasteiger partial charge in [-0.3, -0.25) is 4.99 Å². The molecule has 0 saturated carbocycles. The second-order valence-electron chi connectivity index (χ2n) is 4.71. The molecule has 0 aliphatic heterocycles. The van der Waals surface area contributed by atoms with Crippen molar-refractivity contribution in [2.75, 3.05) is 13.6 Å². The lowest BCUT2D eigenvalue weighted by Gasteiger charge is -2.11. The number of rotatable bonds is 5. The van der Waals surface area contributed by atoms with Crippen LogP contribution in [0.15, 0.2) is 33.0 Å².